The molecule has 0 spiro atoms. The fourth-order valence-corrected chi connectivity index (χ4v) is 3.14. The third kappa shape index (κ3) is 3.41. The first kappa shape index (κ1) is 15.5. The Morgan fingerprint density at radius 2 is 1.36 bits per heavy atom. The first-order valence-corrected chi connectivity index (χ1v) is 8.66. The Balaban J connectivity index is 1.47. The van der Waals surface area contributed by atoms with Crippen molar-refractivity contribution in [3.63, 3.8) is 0 Å². The Morgan fingerprint density at radius 3 is 2.24 bits per heavy atom. The molecule has 1 aromatic heterocycles. The molecule has 0 N–H and O–H groups in total. The van der Waals surface area contributed by atoms with Gasteiger partial charge < -0.3 is 4.42 Å². The molecule has 0 atom stereocenters. The number of rotatable bonds is 5. The number of benzene rings is 3. The van der Waals surface area contributed by atoms with E-state index in [0.717, 1.165) is 24.0 Å². The summed E-state index contributed by atoms with van der Waals surface area (Å²) in [5, 5.41) is 2.38. The summed E-state index contributed by atoms with van der Waals surface area (Å²) in [6.07, 6.45) is 10.4. The summed E-state index contributed by atoms with van der Waals surface area (Å²) in [5.41, 5.74) is 4.51. The van der Waals surface area contributed by atoms with Gasteiger partial charge in [-0.25, -0.2) is 0 Å². The molecule has 0 amide bonds. The van der Waals surface area contributed by atoms with Crippen LogP contribution in [-0.2, 0) is 12.8 Å². The standard InChI is InChI=1S/C24H20O/c1(4-11-19-12-5-3-6-13-19)2-7-14-20-15-10-17-22-21-16-8-9-18-23(21)25-24(20)22/h1-10,12-13,15-18H,11,14H2/b4-1-,7-2-. The highest BCUT2D eigenvalue weighted by molar-refractivity contribution is 6.05. The van der Waals surface area contributed by atoms with Crippen LogP contribution in [0.4, 0.5) is 0 Å². The summed E-state index contributed by atoms with van der Waals surface area (Å²) in [5.74, 6) is 0. The molecule has 0 aliphatic rings. The van der Waals surface area contributed by atoms with Crippen LogP contribution >= 0.6 is 0 Å². The summed E-state index contributed by atoms with van der Waals surface area (Å²) in [6.45, 7) is 0. The van der Waals surface area contributed by atoms with Crippen molar-refractivity contribution in [2.75, 3.05) is 0 Å². The van der Waals surface area contributed by atoms with Crippen molar-refractivity contribution < 1.29 is 4.42 Å². The van der Waals surface area contributed by atoms with E-state index in [-0.39, 0.29) is 0 Å². The Bertz CT molecular complexity index is 1040. The van der Waals surface area contributed by atoms with Gasteiger partial charge in [-0.3, -0.25) is 0 Å². The van der Waals surface area contributed by atoms with E-state index < -0.39 is 0 Å². The van der Waals surface area contributed by atoms with Crippen LogP contribution in [0.25, 0.3) is 21.9 Å². The Morgan fingerprint density at radius 1 is 0.640 bits per heavy atom. The first-order valence-electron chi connectivity index (χ1n) is 8.66. The lowest BCUT2D eigenvalue weighted by atomic mass is 10.1. The lowest BCUT2D eigenvalue weighted by molar-refractivity contribution is 0.664. The van der Waals surface area contributed by atoms with Gasteiger partial charge in [0.25, 0.3) is 0 Å². The molecule has 0 radical (unpaired) electrons. The largest absolute Gasteiger partial charge is 0.456 e. The summed E-state index contributed by atoms with van der Waals surface area (Å²) in [6, 6.07) is 25.1. The Hall–Kier alpha value is -3.06. The van der Waals surface area contributed by atoms with Crippen molar-refractivity contribution in [3.05, 3.63) is 108 Å². The SMILES string of the molecule is C(/C=C\Cc1cccc2c1oc1ccccc12)=C/Cc1ccccc1. The van der Waals surface area contributed by atoms with Crippen LogP contribution < -0.4 is 0 Å². The number of fused-ring (bicyclic) bond motifs is 3. The monoisotopic (exact) mass is 324 g/mol. The zero-order chi connectivity index (χ0) is 16.9. The molecule has 0 saturated carbocycles. The molecule has 0 bridgehead atoms. The van der Waals surface area contributed by atoms with Crippen molar-refractivity contribution in [1.29, 1.82) is 0 Å². The summed E-state index contributed by atoms with van der Waals surface area (Å²) >= 11 is 0. The third-order valence-electron chi connectivity index (χ3n) is 4.40. The van der Waals surface area contributed by atoms with Crippen LogP contribution in [0.15, 0.2) is 102 Å². The molecule has 1 heteroatoms. The van der Waals surface area contributed by atoms with E-state index in [4.69, 9.17) is 4.42 Å². The topological polar surface area (TPSA) is 13.1 Å². The van der Waals surface area contributed by atoms with Crippen molar-refractivity contribution >= 4 is 21.9 Å². The Kier molecular flexibility index (Phi) is 4.47. The van der Waals surface area contributed by atoms with Gasteiger partial charge >= 0.3 is 0 Å². The second kappa shape index (κ2) is 7.23. The molecule has 1 heterocycles. The van der Waals surface area contributed by atoms with Gasteiger partial charge in [0, 0.05) is 10.8 Å². The quantitative estimate of drug-likeness (QED) is 0.383. The highest BCUT2D eigenvalue weighted by atomic mass is 16.3. The van der Waals surface area contributed by atoms with E-state index in [9.17, 15) is 0 Å². The van der Waals surface area contributed by atoms with Crippen molar-refractivity contribution in [2.45, 2.75) is 12.8 Å². The van der Waals surface area contributed by atoms with Gasteiger partial charge in [-0.05, 0) is 30.0 Å². The molecular weight excluding hydrogens is 304 g/mol. The van der Waals surface area contributed by atoms with Gasteiger partial charge in [-0.2, -0.15) is 0 Å². The highest BCUT2D eigenvalue weighted by Gasteiger charge is 2.08. The second-order valence-corrected chi connectivity index (χ2v) is 6.14. The maximum absolute atomic E-state index is 6.07. The molecule has 0 aliphatic heterocycles. The van der Waals surface area contributed by atoms with Crippen LogP contribution in [0.2, 0.25) is 0 Å². The second-order valence-electron chi connectivity index (χ2n) is 6.14. The van der Waals surface area contributed by atoms with Crippen LogP contribution in [0, 0.1) is 0 Å². The zero-order valence-corrected chi connectivity index (χ0v) is 14.1. The number of hydrogen-bond donors (Lipinski definition) is 0. The molecular formula is C24H20O. The smallest absolute Gasteiger partial charge is 0.138 e. The maximum atomic E-state index is 6.07. The molecule has 1 nitrogen and oxygen atoms in total. The average molecular weight is 324 g/mol. The van der Waals surface area contributed by atoms with Gasteiger partial charge in [0.05, 0.1) is 0 Å². The summed E-state index contributed by atoms with van der Waals surface area (Å²) in [4.78, 5) is 0. The van der Waals surface area contributed by atoms with Crippen LogP contribution in [0.3, 0.4) is 0 Å². The summed E-state index contributed by atoms with van der Waals surface area (Å²) in [7, 11) is 0. The minimum atomic E-state index is 0.868. The minimum Gasteiger partial charge on any atom is -0.456 e. The van der Waals surface area contributed by atoms with Gasteiger partial charge in [0.1, 0.15) is 11.2 Å². The molecule has 0 unspecified atom stereocenters. The highest BCUT2D eigenvalue weighted by Crippen LogP contribution is 2.30. The maximum Gasteiger partial charge on any atom is 0.138 e. The minimum absolute atomic E-state index is 0.868. The zero-order valence-electron chi connectivity index (χ0n) is 14.1. The van der Waals surface area contributed by atoms with Crippen molar-refractivity contribution in [1.82, 2.24) is 0 Å². The summed E-state index contributed by atoms with van der Waals surface area (Å²) < 4.78 is 6.07. The predicted molar refractivity (Wildman–Crippen MR) is 106 cm³/mol. The van der Waals surface area contributed by atoms with Crippen LogP contribution in [-0.4, -0.2) is 0 Å². The fraction of sp³-hybridized carbons (Fsp3) is 0.0833. The van der Waals surface area contributed by atoms with E-state index in [1.807, 2.05) is 18.2 Å². The molecule has 0 fully saturated rings. The molecule has 122 valence electrons. The van der Waals surface area contributed by atoms with Crippen LogP contribution in [0.5, 0.6) is 0 Å². The van der Waals surface area contributed by atoms with Crippen molar-refractivity contribution in [3.8, 4) is 0 Å². The van der Waals surface area contributed by atoms with E-state index in [1.54, 1.807) is 0 Å². The number of furan rings is 1. The number of allylic oxidation sites excluding steroid dienone is 4. The fourth-order valence-electron chi connectivity index (χ4n) is 3.14. The Labute approximate surface area is 147 Å². The van der Waals surface area contributed by atoms with Gasteiger partial charge in [-0.15, -0.1) is 0 Å². The first-order chi connectivity index (χ1) is 12.4. The molecule has 4 rings (SSSR count). The van der Waals surface area contributed by atoms with Crippen LogP contribution in [0.1, 0.15) is 11.1 Å². The molecule has 0 aliphatic carbocycles. The molecule has 25 heavy (non-hydrogen) atoms. The number of para-hydroxylation sites is 2. The lowest BCUT2D eigenvalue weighted by Crippen LogP contribution is -1.81. The van der Waals surface area contributed by atoms with E-state index in [1.165, 1.54) is 21.9 Å². The van der Waals surface area contributed by atoms with Gasteiger partial charge in [0.15, 0.2) is 0 Å². The van der Waals surface area contributed by atoms with E-state index in [2.05, 4.69) is 78.9 Å². The normalized spacial score (nSPS) is 12.0. The van der Waals surface area contributed by atoms with Crippen molar-refractivity contribution in [2.24, 2.45) is 0 Å². The molecule has 0 saturated heterocycles. The lowest BCUT2D eigenvalue weighted by Gasteiger charge is -1.97. The van der Waals surface area contributed by atoms with Gasteiger partial charge in [0.2, 0.25) is 0 Å². The van der Waals surface area contributed by atoms with E-state index >= 15 is 0 Å². The third-order valence-corrected chi connectivity index (χ3v) is 4.40. The molecule has 3 aromatic carbocycles. The van der Waals surface area contributed by atoms with Gasteiger partial charge in [-0.1, -0.05) is 91.0 Å². The molecule has 4 aromatic rings. The predicted octanol–water partition coefficient (Wildman–Crippen LogP) is 6.48. The number of hydrogen-bond acceptors (Lipinski definition) is 1. The average Bonchev–Trinajstić information content (AvgIpc) is 3.05. The van der Waals surface area contributed by atoms with E-state index in [0.29, 0.717) is 0 Å².